The van der Waals surface area contributed by atoms with E-state index in [0.717, 1.165) is 24.2 Å². The second-order valence-corrected chi connectivity index (χ2v) is 6.34. The van der Waals surface area contributed by atoms with Gasteiger partial charge in [0.25, 0.3) is 0 Å². The van der Waals surface area contributed by atoms with Gasteiger partial charge < -0.3 is 10.0 Å². The third-order valence-corrected chi connectivity index (χ3v) is 4.69. The molecule has 1 aromatic carbocycles. The Morgan fingerprint density at radius 3 is 2.30 bits per heavy atom. The average Bonchev–Trinajstić information content (AvgIpc) is 2.38. The molecule has 1 aromatic rings. The highest BCUT2D eigenvalue weighted by Crippen LogP contribution is 2.38. The summed E-state index contributed by atoms with van der Waals surface area (Å²) in [7, 11) is 0. The van der Waals surface area contributed by atoms with Crippen molar-refractivity contribution in [3.63, 3.8) is 0 Å². The molecular formula is C17H25NO2. The molecule has 0 radical (unpaired) electrons. The number of aliphatic carboxylic acids is 1. The molecule has 1 saturated heterocycles. The number of carbonyl (C=O) groups is 1. The lowest BCUT2D eigenvalue weighted by atomic mass is 9.71. The maximum absolute atomic E-state index is 12.0. The Morgan fingerprint density at radius 1 is 1.25 bits per heavy atom. The quantitative estimate of drug-likeness (QED) is 0.921. The van der Waals surface area contributed by atoms with Crippen molar-refractivity contribution in [2.75, 3.05) is 13.1 Å². The van der Waals surface area contributed by atoms with Crippen LogP contribution in [0.2, 0.25) is 0 Å². The van der Waals surface area contributed by atoms with Gasteiger partial charge in [-0.25, -0.2) is 0 Å². The largest absolute Gasteiger partial charge is 0.481 e. The lowest BCUT2D eigenvalue weighted by Gasteiger charge is -2.41. The second-order valence-electron chi connectivity index (χ2n) is 6.34. The SMILES string of the molecule is Cc1ccc(C2(C(=O)O)CCN(C(C)C)CC2)c(C)c1. The van der Waals surface area contributed by atoms with E-state index in [-0.39, 0.29) is 0 Å². The fourth-order valence-electron chi connectivity index (χ4n) is 3.37. The summed E-state index contributed by atoms with van der Waals surface area (Å²) < 4.78 is 0. The zero-order chi connectivity index (χ0) is 14.9. The summed E-state index contributed by atoms with van der Waals surface area (Å²) in [5.41, 5.74) is 2.58. The minimum atomic E-state index is -0.705. The monoisotopic (exact) mass is 275 g/mol. The molecular weight excluding hydrogens is 250 g/mol. The van der Waals surface area contributed by atoms with Gasteiger partial charge in [0, 0.05) is 6.04 Å². The number of hydrogen-bond donors (Lipinski definition) is 1. The molecule has 0 aliphatic carbocycles. The number of piperidine rings is 1. The molecule has 3 heteroatoms. The van der Waals surface area contributed by atoms with Crippen LogP contribution in [0.1, 0.15) is 43.4 Å². The topological polar surface area (TPSA) is 40.5 Å². The van der Waals surface area contributed by atoms with Crippen LogP contribution in [-0.4, -0.2) is 35.1 Å². The van der Waals surface area contributed by atoms with Crippen LogP contribution >= 0.6 is 0 Å². The smallest absolute Gasteiger partial charge is 0.314 e. The Kier molecular flexibility index (Phi) is 4.19. The van der Waals surface area contributed by atoms with Crippen molar-refractivity contribution in [1.82, 2.24) is 4.90 Å². The molecule has 1 heterocycles. The summed E-state index contributed by atoms with van der Waals surface area (Å²) in [5, 5.41) is 9.84. The van der Waals surface area contributed by atoms with Crippen LogP contribution in [0.5, 0.6) is 0 Å². The molecule has 0 spiro atoms. The summed E-state index contributed by atoms with van der Waals surface area (Å²) in [6.45, 7) is 10.1. The van der Waals surface area contributed by atoms with Gasteiger partial charge in [0.15, 0.2) is 0 Å². The van der Waals surface area contributed by atoms with Crippen LogP contribution in [0.25, 0.3) is 0 Å². The number of benzene rings is 1. The van der Waals surface area contributed by atoms with E-state index in [0.29, 0.717) is 18.9 Å². The Hall–Kier alpha value is -1.35. The summed E-state index contributed by atoms with van der Waals surface area (Å²) in [6, 6.07) is 6.63. The third-order valence-electron chi connectivity index (χ3n) is 4.69. The first kappa shape index (κ1) is 15.0. The molecule has 1 fully saturated rings. The average molecular weight is 275 g/mol. The first-order valence-corrected chi connectivity index (χ1v) is 7.42. The summed E-state index contributed by atoms with van der Waals surface area (Å²) >= 11 is 0. The lowest BCUT2D eigenvalue weighted by Crippen LogP contribution is -2.49. The van der Waals surface area contributed by atoms with E-state index in [1.165, 1.54) is 5.56 Å². The third kappa shape index (κ3) is 2.59. The van der Waals surface area contributed by atoms with Crippen LogP contribution in [0, 0.1) is 13.8 Å². The molecule has 1 aliphatic rings. The maximum atomic E-state index is 12.0. The first-order valence-electron chi connectivity index (χ1n) is 7.42. The van der Waals surface area contributed by atoms with Crippen molar-refractivity contribution in [3.05, 3.63) is 34.9 Å². The van der Waals surface area contributed by atoms with Crippen LogP contribution in [0.15, 0.2) is 18.2 Å². The fourth-order valence-corrected chi connectivity index (χ4v) is 3.37. The van der Waals surface area contributed by atoms with Gasteiger partial charge in [-0.1, -0.05) is 23.8 Å². The van der Waals surface area contributed by atoms with Gasteiger partial charge in [0.1, 0.15) is 0 Å². The second kappa shape index (κ2) is 5.57. The van der Waals surface area contributed by atoms with Crippen molar-refractivity contribution in [2.45, 2.75) is 52.0 Å². The van der Waals surface area contributed by atoms with E-state index < -0.39 is 11.4 Å². The van der Waals surface area contributed by atoms with Gasteiger partial charge in [-0.05, 0) is 64.8 Å². The minimum Gasteiger partial charge on any atom is -0.481 e. The maximum Gasteiger partial charge on any atom is 0.314 e. The van der Waals surface area contributed by atoms with Crippen LogP contribution in [0.4, 0.5) is 0 Å². The van der Waals surface area contributed by atoms with Crippen molar-refractivity contribution < 1.29 is 9.90 Å². The molecule has 0 atom stereocenters. The van der Waals surface area contributed by atoms with E-state index in [1.54, 1.807) is 0 Å². The molecule has 0 bridgehead atoms. The number of likely N-dealkylation sites (tertiary alicyclic amines) is 1. The number of carboxylic acids is 1. The highest BCUT2D eigenvalue weighted by molar-refractivity contribution is 5.82. The van der Waals surface area contributed by atoms with Gasteiger partial charge in [-0.3, -0.25) is 4.79 Å². The van der Waals surface area contributed by atoms with Crippen molar-refractivity contribution in [1.29, 1.82) is 0 Å². The molecule has 0 saturated carbocycles. The lowest BCUT2D eigenvalue weighted by molar-refractivity contribution is -0.146. The van der Waals surface area contributed by atoms with Gasteiger partial charge in [-0.15, -0.1) is 0 Å². The molecule has 0 amide bonds. The Bertz CT molecular complexity index is 500. The summed E-state index contributed by atoms with van der Waals surface area (Å²) in [4.78, 5) is 14.3. The first-order chi connectivity index (χ1) is 9.36. The highest BCUT2D eigenvalue weighted by Gasteiger charge is 2.44. The van der Waals surface area contributed by atoms with E-state index in [2.05, 4.69) is 24.8 Å². The normalized spacial score (nSPS) is 19.2. The van der Waals surface area contributed by atoms with Crippen molar-refractivity contribution in [2.24, 2.45) is 0 Å². The molecule has 3 nitrogen and oxygen atoms in total. The Balaban J connectivity index is 2.35. The molecule has 0 unspecified atom stereocenters. The van der Waals surface area contributed by atoms with Crippen molar-refractivity contribution >= 4 is 5.97 Å². The zero-order valence-corrected chi connectivity index (χ0v) is 12.9. The number of carboxylic acid groups (broad SMARTS) is 1. The van der Waals surface area contributed by atoms with Crippen LogP contribution in [-0.2, 0) is 10.2 Å². The van der Waals surface area contributed by atoms with E-state index >= 15 is 0 Å². The van der Waals surface area contributed by atoms with Crippen LogP contribution in [0.3, 0.4) is 0 Å². The number of nitrogens with zero attached hydrogens (tertiary/aromatic N) is 1. The number of hydrogen-bond acceptors (Lipinski definition) is 2. The number of aryl methyl sites for hydroxylation is 2. The number of rotatable bonds is 3. The Morgan fingerprint density at radius 2 is 1.85 bits per heavy atom. The van der Waals surface area contributed by atoms with Gasteiger partial charge in [0.05, 0.1) is 5.41 Å². The van der Waals surface area contributed by atoms with Crippen molar-refractivity contribution in [3.8, 4) is 0 Å². The predicted octanol–water partition coefficient (Wildman–Crippen LogP) is 3.13. The summed E-state index contributed by atoms with van der Waals surface area (Å²) in [5.74, 6) is -0.673. The Labute approximate surface area is 121 Å². The molecule has 1 N–H and O–H groups in total. The van der Waals surface area contributed by atoms with E-state index in [4.69, 9.17) is 0 Å². The minimum absolute atomic E-state index is 0.487. The molecule has 2 rings (SSSR count). The van der Waals surface area contributed by atoms with Gasteiger partial charge in [-0.2, -0.15) is 0 Å². The van der Waals surface area contributed by atoms with Crippen LogP contribution < -0.4 is 0 Å². The molecule has 1 aliphatic heterocycles. The zero-order valence-electron chi connectivity index (χ0n) is 12.9. The van der Waals surface area contributed by atoms with E-state index in [9.17, 15) is 9.90 Å². The molecule has 0 aromatic heterocycles. The highest BCUT2D eigenvalue weighted by atomic mass is 16.4. The fraction of sp³-hybridized carbons (Fsp3) is 0.588. The van der Waals surface area contributed by atoms with Gasteiger partial charge >= 0.3 is 5.97 Å². The molecule has 110 valence electrons. The standard InChI is InChI=1S/C17H25NO2/c1-12(2)18-9-7-17(8-10-18,16(19)20)15-6-5-13(3)11-14(15)4/h5-6,11-12H,7-10H2,1-4H3,(H,19,20). The molecule has 20 heavy (non-hydrogen) atoms. The van der Waals surface area contributed by atoms with E-state index in [1.807, 2.05) is 26.0 Å². The van der Waals surface area contributed by atoms with Gasteiger partial charge in [0.2, 0.25) is 0 Å². The summed E-state index contributed by atoms with van der Waals surface area (Å²) in [6.07, 6.45) is 1.40. The predicted molar refractivity (Wildman–Crippen MR) is 81.2 cm³/mol.